The zero-order valence-electron chi connectivity index (χ0n) is 15.7. The van der Waals surface area contributed by atoms with E-state index < -0.39 is 11.6 Å². The summed E-state index contributed by atoms with van der Waals surface area (Å²) in [6.07, 6.45) is 0.120. The predicted octanol–water partition coefficient (Wildman–Crippen LogP) is 4.80. The van der Waals surface area contributed by atoms with Crippen LogP contribution in [0.25, 0.3) is 0 Å². The second-order valence-corrected chi connectivity index (χ2v) is 7.47. The highest BCUT2D eigenvalue weighted by molar-refractivity contribution is 6.34. The van der Waals surface area contributed by atoms with Crippen LogP contribution in [-0.2, 0) is 16.2 Å². The molecule has 0 radical (unpaired) electrons. The lowest BCUT2D eigenvalue weighted by Gasteiger charge is -2.26. The van der Waals surface area contributed by atoms with Crippen molar-refractivity contribution in [2.75, 3.05) is 6.54 Å². The second kappa shape index (κ2) is 8.69. The average molecular weight is 407 g/mol. The predicted molar refractivity (Wildman–Crippen MR) is 104 cm³/mol. The van der Waals surface area contributed by atoms with Crippen LogP contribution in [-0.4, -0.2) is 29.2 Å². The van der Waals surface area contributed by atoms with Crippen LogP contribution in [0.3, 0.4) is 0 Å². The fourth-order valence-corrected chi connectivity index (χ4v) is 3.32. The summed E-state index contributed by atoms with van der Waals surface area (Å²) in [7, 11) is 0. The van der Waals surface area contributed by atoms with E-state index in [1.54, 1.807) is 19.9 Å². The van der Waals surface area contributed by atoms with Crippen molar-refractivity contribution in [3.8, 4) is 0 Å². The van der Waals surface area contributed by atoms with Crippen LogP contribution in [0, 0.1) is 17.6 Å². The van der Waals surface area contributed by atoms with E-state index in [9.17, 15) is 13.6 Å². The Morgan fingerprint density at radius 3 is 2.71 bits per heavy atom. The van der Waals surface area contributed by atoms with Crippen LogP contribution in [0.1, 0.15) is 31.4 Å². The lowest BCUT2D eigenvalue weighted by molar-refractivity contribution is -0.137. The molecule has 3 rings (SSSR count). The largest absolute Gasteiger partial charge is 0.390 e. The highest BCUT2D eigenvalue weighted by Gasteiger charge is 2.29. The van der Waals surface area contributed by atoms with Crippen molar-refractivity contribution < 1.29 is 18.4 Å². The van der Waals surface area contributed by atoms with E-state index in [2.05, 4.69) is 5.16 Å². The summed E-state index contributed by atoms with van der Waals surface area (Å²) in [6, 6.07) is 10.7. The Kier molecular flexibility index (Phi) is 6.29. The van der Waals surface area contributed by atoms with Gasteiger partial charge in [-0.2, -0.15) is 0 Å². The number of hydrogen-bond acceptors (Lipinski definition) is 3. The fraction of sp³-hybridized carbons (Fsp3) is 0.333. The van der Waals surface area contributed by atoms with Crippen molar-refractivity contribution in [3.05, 3.63) is 70.2 Å². The number of amides is 1. The minimum absolute atomic E-state index is 0.0322. The fourth-order valence-electron chi connectivity index (χ4n) is 3.08. The molecule has 0 aromatic heterocycles. The first kappa shape index (κ1) is 20.3. The molecule has 0 N–H and O–H groups in total. The maximum absolute atomic E-state index is 14.1. The zero-order chi connectivity index (χ0) is 20.3. The lowest BCUT2D eigenvalue weighted by atomic mass is 10.0. The Bertz CT molecular complexity index is 902. The van der Waals surface area contributed by atoms with Gasteiger partial charge in [-0.1, -0.05) is 54.9 Å². The van der Waals surface area contributed by atoms with Crippen molar-refractivity contribution in [3.63, 3.8) is 0 Å². The number of hydrogen-bond donors (Lipinski definition) is 0. The molecule has 0 saturated heterocycles. The Morgan fingerprint density at radius 2 is 2.04 bits per heavy atom. The molecular weight excluding hydrogens is 386 g/mol. The van der Waals surface area contributed by atoms with Gasteiger partial charge in [-0.15, -0.1) is 0 Å². The lowest BCUT2D eigenvalue weighted by Crippen LogP contribution is -2.39. The first-order valence-corrected chi connectivity index (χ1v) is 9.43. The molecule has 2 aromatic rings. The topological polar surface area (TPSA) is 41.9 Å². The number of carbonyl (C=O) groups excluding carboxylic acids is 1. The van der Waals surface area contributed by atoms with Gasteiger partial charge in [-0.05, 0) is 12.1 Å². The summed E-state index contributed by atoms with van der Waals surface area (Å²) in [6.45, 7) is 3.82. The summed E-state index contributed by atoms with van der Waals surface area (Å²) < 4.78 is 27.2. The van der Waals surface area contributed by atoms with Gasteiger partial charge in [0.15, 0.2) is 6.10 Å². The SMILES string of the molecule is CC(C)C(=O)N(Cc1ccc(F)cc1F)C[C@H]1CC(c2ccccc2Cl)=NO1. The molecule has 0 fully saturated rings. The summed E-state index contributed by atoms with van der Waals surface area (Å²) >= 11 is 6.21. The zero-order valence-corrected chi connectivity index (χ0v) is 16.4. The number of halogens is 3. The Hall–Kier alpha value is -2.47. The third-order valence-corrected chi connectivity index (χ3v) is 4.85. The molecule has 4 nitrogen and oxygen atoms in total. The molecule has 1 heterocycles. The van der Waals surface area contributed by atoms with Crippen LogP contribution in [0.15, 0.2) is 47.6 Å². The average Bonchev–Trinajstić information content (AvgIpc) is 3.11. The van der Waals surface area contributed by atoms with Gasteiger partial charge in [0.2, 0.25) is 5.91 Å². The first-order valence-electron chi connectivity index (χ1n) is 9.05. The highest BCUT2D eigenvalue weighted by Crippen LogP contribution is 2.24. The van der Waals surface area contributed by atoms with Gasteiger partial charge in [0, 0.05) is 41.1 Å². The van der Waals surface area contributed by atoms with Gasteiger partial charge in [-0.3, -0.25) is 4.79 Å². The minimum Gasteiger partial charge on any atom is -0.390 e. The molecule has 1 aliphatic heterocycles. The quantitative estimate of drug-likeness (QED) is 0.691. The van der Waals surface area contributed by atoms with E-state index >= 15 is 0 Å². The smallest absolute Gasteiger partial charge is 0.225 e. The summed E-state index contributed by atoms with van der Waals surface area (Å²) in [5.74, 6) is -1.74. The Morgan fingerprint density at radius 1 is 1.29 bits per heavy atom. The van der Waals surface area contributed by atoms with Crippen molar-refractivity contribution in [1.29, 1.82) is 0 Å². The number of nitrogens with zero attached hydrogens (tertiary/aromatic N) is 2. The molecule has 1 atom stereocenters. The van der Waals surface area contributed by atoms with E-state index in [1.165, 1.54) is 17.0 Å². The summed E-state index contributed by atoms with van der Waals surface area (Å²) in [5, 5.41) is 4.69. The maximum Gasteiger partial charge on any atom is 0.225 e. The normalized spacial score (nSPS) is 16.1. The van der Waals surface area contributed by atoms with Crippen LogP contribution in [0.5, 0.6) is 0 Å². The van der Waals surface area contributed by atoms with Gasteiger partial charge < -0.3 is 9.74 Å². The standard InChI is InChI=1S/C21H21ClF2N2O2/c1-13(2)21(27)26(11-14-7-8-15(23)9-19(14)24)12-16-10-20(25-28-16)17-5-3-4-6-18(17)22/h3-9,13,16H,10-12H2,1-2H3/t16-/m1/s1. The van der Waals surface area contributed by atoms with Gasteiger partial charge in [-0.25, -0.2) is 8.78 Å². The van der Waals surface area contributed by atoms with Gasteiger partial charge in [0.25, 0.3) is 0 Å². The molecule has 0 saturated carbocycles. The summed E-state index contributed by atoms with van der Waals surface area (Å²) in [5.41, 5.74) is 1.75. The van der Waals surface area contributed by atoms with E-state index in [0.29, 0.717) is 17.2 Å². The molecule has 28 heavy (non-hydrogen) atoms. The molecular formula is C21H21ClF2N2O2. The maximum atomic E-state index is 14.1. The van der Waals surface area contributed by atoms with Crippen LogP contribution in [0.4, 0.5) is 8.78 Å². The first-order chi connectivity index (χ1) is 13.3. The molecule has 0 bridgehead atoms. The monoisotopic (exact) mass is 406 g/mol. The van der Waals surface area contributed by atoms with Crippen molar-refractivity contribution in [1.82, 2.24) is 4.90 Å². The van der Waals surface area contributed by atoms with Gasteiger partial charge in [0.05, 0.1) is 12.3 Å². The van der Waals surface area contributed by atoms with Crippen LogP contribution in [0.2, 0.25) is 5.02 Å². The summed E-state index contributed by atoms with van der Waals surface area (Å²) in [4.78, 5) is 19.7. The van der Waals surface area contributed by atoms with E-state index in [0.717, 1.165) is 11.6 Å². The third-order valence-electron chi connectivity index (χ3n) is 4.52. The highest BCUT2D eigenvalue weighted by atomic mass is 35.5. The van der Waals surface area contributed by atoms with Crippen LogP contribution < -0.4 is 0 Å². The number of oxime groups is 1. The number of rotatable bonds is 6. The molecule has 0 unspecified atom stereocenters. The molecule has 1 amide bonds. The molecule has 0 aliphatic carbocycles. The minimum atomic E-state index is -0.679. The van der Waals surface area contributed by atoms with Crippen molar-refractivity contribution in [2.24, 2.45) is 11.1 Å². The van der Waals surface area contributed by atoms with Crippen LogP contribution >= 0.6 is 11.6 Å². The van der Waals surface area contributed by atoms with Gasteiger partial charge in [0.1, 0.15) is 11.6 Å². The number of carbonyl (C=O) groups is 1. The number of benzene rings is 2. The Labute approximate surface area is 167 Å². The van der Waals surface area contributed by atoms with E-state index in [4.69, 9.17) is 16.4 Å². The second-order valence-electron chi connectivity index (χ2n) is 7.06. The molecule has 148 valence electrons. The van der Waals surface area contributed by atoms with E-state index in [1.807, 2.05) is 18.2 Å². The molecule has 1 aliphatic rings. The molecule has 7 heteroatoms. The molecule has 0 spiro atoms. The van der Waals surface area contributed by atoms with Gasteiger partial charge >= 0.3 is 0 Å². The van der Waals surface area contributed by atoms with Crippen molar-refractivity contribution in [2.45, 2.75) is 32.9 Å². The van der Waals surface area contributed by atoms with Crippen molar-refractivity contribution >= 4 is 23.2 Å². The third kappa shape index (κ3) is 4.68. The Balaban J connectivity index is 1.72. The van der Waals surface area contributed by atoms with E-state index in [-0.39, 0.29) is 36.6 Å². The molecule has 2 aromatic carbocycles.